The van der Waals surface area contributed by atoms with E-state index in [4.69, 9.17) is 0 Å². The molecule has 1 heterocycles. The van der Waals surface area contributed by atoms with Gasteiger partial charge in [0.15, 0.2) is 0 Å². The topological polar surface area (TPSA) is 246 Å². The quantitative estimate of drug-likeness (QED) is 0.286. The molecule has 0 unspecified atom stereocenters. The van der Waals surface area contributed by atoms with Crippen molar-refractivity contribution < 1.29 is 51.9 Å². The lowest BCUT2D eigenvalue weighted by Gasteiger charge is -2.15. The second kappa shape index (κ2) is 7.03. The molecule has 3 aromatic rings. The lowest BCUT2D eigenvalue weighted by atomic mass is 10.0. The van der Waals surface area contributed by atoms with Crippen LogP contribution in [0.25, 0.3) is 22.2 Å². The molecule has 3 rings (SSSR count). The summed E-state index contributed by atoms with van der Waals surface area (Å²) in [6.45, 7) is 0. The first-order valence-corrected chi connectivity index (χ1v) is 13.2. The van der Waals surface area contributed by atoms with Crippen LogP contribution in [0, 0.1) is 0 Å². The van der Waals surface area contributed by atoms with Crippen LogP contribution in [0.15, 0.2) is 50.2 Å². The Kier molecular flexibility index (Phi) is 5.27. The maximum Gasteiger partial charge on any atom is 0.328 e. The van der Waals surface area contributed by atoms with Gasteiger partial charge in [-0.25, -0.2) is 4.98 Å². The van der Waals surface area contributed by atoms with E-state index in [1.807, 2.05) is 4.98 Å². The van der Waals surface area contributed by atoms with Gasteiger partial charge in [-0.1, -0.05) is 30.3 Å². The van der Waals surface area contributed by atoms with E-state index in [2.05, 4.69) is 4.98 Å². The molecule has 14 nitrogen and oxygen atoms in total. The minimum Gasteiger partial charge on any atom is -0.326 e. The minimum absolute atomic E-state index is 0.211. The monoisotopic (exact) mass is 514 g/mol. The molecule has 0 saturated carbocycles. The van der Waals surface area contributed by atoms with Gasteiger partial charge in [-0.15, -0.1) is 0 Å². The third-order valence-corrected chi connectivity index (χ3v) is 7.57. The standard InChI is InChI=1S/C13H10N2O12S4/c16-28(17,18)10-7(6-4-2-1-3-5-6)8-9(15-13(14-8)31(25,26)27)11(29(19,20)21)12(10)30(22,23)24/h1-5H,(H,14,15)(H,16,17,18)(H,19,20,21)(H,22,23,24)(H,25,26,27). The van der Waals surface area contributed by atoms with Crippen molar-refractivity contribution in [2.75, 3.05) is 0 Å². The summed E-state index contributed by atoms with van der Waals surface area (Å²) in [5.41, 5.74) is -3.00. The van der Waals surface area contributed by atoms with E-state index in [0.29, 0.717) is 0 Å². The summed E-state index contributed by atoms with van der Waals surface area (Å²) in [5.74, 6) is 0. The van der Waals surface area contributed by atoms with E-state index < -0.39 is 76.9 Å². The van der Waals surface area contributed by atoms with Gasteiger partial charge in [0.25, 0.3) is 35.5 Å². The fourth-order valence-corrected chi connectivity index (χ4v) is 6.83. The summed E-state index contributed by atoms with van der Waals surface area (Å²) in [7, 11) is -22.4. The first kappa shape index (κ1) is 23.2. The number of rotatable bonds is 5. The maximum atomic E-state index is 12.1. The smallest absolute Gasteiger partial charge is 0.326 e. The van der Waals surface area contributed by atoms with E-state index in [-0.39, 0.29) is 5.56 Å². The van der Waals surface area contributed by atoms with Crippen LogP contribution in [0.3, 0.4) is 0 Å². The van der Waals surface area contributed by atoms with Gasteiger partial charge in [-0.2, -0.15) is 33.7 Å². The zero-order valence-electron chi connectivity index (χ0n) is 14.5. The average molecular weight is 514 g/mol. The normalized spacial score (nSPS) is 13.5. The molecule has 0 amide bonds. The molecule has 5 N–H and O–H groups in total. The Bertz CT molecular complexity index is 1650. The lowest BCUT2D eigenvalue weighted by Crippen LogP contribution is -2.16. The van der Waals surface area contributed by atoms with E-state index in [1.165, 1.54) is 18.2 Å². The highest BCUT2D eigenvalue weighted by atomic mass is 32.2. The molecular formula is C13H10N2O12S4. The lowest BCUT2D eigenvalue weighted by molar-refractivity contribution is 0.457. The van der Waals surface area contributed by atoms with E-state index >= 15 is 0 Å². The first-order chi connectivity index (χ1) is 13.9. The molecular weight excluding hydrogens is 504 g/mol. The van der Waals surface area contributed by atoms with Crippen LogP contribution in [-0.4, -0.2) is 61.9 Å². The summed E-state index contributed by atoms with van der Waals surface area (Å²) in [6.07, 6.45) is 0. The molecule has 0 spiro atoms. The molecule has 0 bridgehead atoms. The number of H-pyrrole nitrogens is 1. The molecule has 0 saturated heterocycles. The number of fused-ring (bicyclic) bond motifs is 1. The van der Waals surface area contributed by atoms with E-state index in [0.717, 1.165) is 12.1 Å². The number of hydrogen-bond acceptors (Lipinski definition) is 9. The second-order valence-corrected chi connectivity index (χ2v) is 11.3. The van der Waals surface area contributed by atoms with Crippen molar-refractivity contribution in [3.63, 3.8) is 0 Å². The summed E-state index contributed by atoms with van der Waals surface area (Å²) in [4.78, 5) is -0.328. The zero-order chi connectivity index (χ0) is 23.6. The van der Waals surface area contributed by atoms with E-state index in [1.54, 1.807) is 0 Å². The molecule has 0 fully saturated rings. The SMILES string of the molecule is O=S(=O)(O)c1nc2c(S(=O)(=O)O)c(S(=O)(=O)O)c(S(=O)(=O)O)c(-c3ccccc3)c2[nH]1. The van der Waals surface area contributed by atoms with Crippen LogP contribution >= 0.6 is 0 Å². The van der Waals surface area contributed by atoms with Gasteiger partial charge in [-0.05, 0) is 5.56 Å². The van der Waals surface area contributed by atoms with Gasteiger partial charge >= 0.3 is 10.1 Å². The summed E-state index contributed by atoms with van der Waals surface area (Å²) in [6, 6.07) is 6.41. The van der Waals surface area contributed by atoms with Crippen LogP contribution in [0.2, 0.25) is 0 Å². The molecule has 1 aromatic heterocycles. The van der Waals surface area contributed by atoms with Crippen LogP contribution < -0.4 is 0 Å². The molecule has 2 aromatic carbocycles. The Hall–Kier alpha value is -2.45. The average Bonchev–Trinajstić information content (AvgIpc) is 3.02. The summed E-state index contributed by atoms with van der Waals surface area (Å²) in [5, 5.41) is -1.35. The Labute approximate surface area is 174 Å². The molecule has 168 valence electrons. The van der Waals surface area contributed by atoms with Crippen molar-refractivity contribution in [2.24, 2.45) is 0 Å². The fraction of sp³-hybridized carbons (Fsp3) is 0. The van der Waals surface area contributed by atoms with Crippen LogP contribution in [0.5, 0.6) is 0 Å². The van der Waals surface area contributed by atoms with Crippen molar-refractivity contribution in [2.45, 2.75) is 19.8 Å². The molecule has 0 atom stereocenters. The number of nitrogens with zero attached hydrogens (tertiary/aromatic N) is 1. The van der Waals surface area contributed by atoms with Crippen LogP contribution in [0.1, 0.15) is 0 Å². The number of aromatic amines is 1. The molecule has 0 aliphatic carbocycles. The van der Waals surface area contributed by atoms with Crippen molar-refractivity contribution >= 4 is 51.5 Å². The Morgan fingerprint density at radius 2 is 1.13 bits per heavy atom. The van der Waals surface area contributed by atoms with E-state index in [9.17, 15) is 51.9 Å². The van der Waals surface area contributed by atoms with Gasteiger partial charge in [0, 0.05) is 5.56 Å². The molecule has 18 heteroatoms. The van der Waals surface area contributed by atoms with Gasteiger partial charge in [0.05, 0.1) is 5.52 Å². The number of nitrogens with one attached hydrogen (secondary N) is 1. The van der Waals surface area contributed by atoms with Gasteiger partial charge in [0.1, 0.15) is 20.2 Å². The third kappa shape index (κ3) is 4.19. The summed E-state index contributed by atoms with van der Waals surface area (Å²) >= 11 is 0. The third-order valence-electron chi connectivity index (χ3n) is 3.87. The largest absolute Gasteiger partial charge is 0.328 e. The van der Waals surface area contributed by atoms with Crippen molar-refractivity contribution in [3.05, 3.63) is 30.3 Å². The fourth-order valence-electron chi connectivity index (χ4n) is 2.86. The van der Waals surface area contributed by atoms with Crippen molar-refractivity contribution in [1.82, 2.24) is 9.97 Å². The number of aromatic nitrogens is 2. The Balaban J connectivity index is 2.89. The van der Waals surface area contributed by atoms with Crippen LogP contribution in [0.4, 0.5) is 0 Å². The van der Waals surface area contributed by atoms with Gasteiger partial charge < -0.3 is 4.98 Å². The molecule has 0 aliphatic heterocycles. The van der Waals surface area contributed by atoms with Gasteiger partial charge in [-0.3, -0.25) is 18.2 Å². The predicted molar refractivity (Wildman–Crippen MR) is 101 cm³/mol. The Morgan fingerprint density at radius 1 is 0.645 bits per heavy atom. The second-order valence-electron chi connectivity index (χ2n) is 5.89. The first-order valence-electron chi connectivity index (χ1n) is 7.49. The highest BCUT2D eigenvalue weighted by molar-refractivity contribution is 7.90. The van der Waals surface area contributed by atoms with Crippen molar-refractivity contribution in [3.8, 4) is 11.1 Å². The number of imidazole rings is 1. The maximum absolute atomic E-state index is 12.1. The van der Waals surface area contributed by atoms with Crippen LogP contribution in [-0.2, 0) is 40.5 Å². The summed E-state index contributed by atoms with van der Waals surface area (Å²) < 4.78 is 133. The molecule has 0 aliphatic rings. The number of benzene rings is 2. The zero-order valence-corrected chi connectivity index (χ0v) is 17.8. The Morgan fingerprint density at radius 3 is 1.55 bits per heavy atom. The molecule has 31 heavy (non-hydrogen) atoms. The highest BCUT2D eigenvalue weighted by Crippen LogP contribution is 2.43. The number of hydrogen-bond donors (Lipinski definition) is 5. The highest BCUT2D eigenvalue weighted by Gasteiger charge is 2.40. The van der Waals surface area contributed by atoms with Crippen molar-refractivity contribution in [1.29, 1.82) is 0 Å². The predicted octanol–water partition coefficient (Wildman–Crippen LogP) is 0.217. The van der Waals surface area contributed by atoms with Gasteiger partial charge in [0.2, 0.25) is 0 Å². The molecule has 0 radical (unpaired) electrons. The minimum atomic E-state index is -5.82.